The van der Waals surface area contributed by atoms with Crippen LogP contribution >= 0.6 is 11.8 Å². The van der Waals surface area contributed by atoms with E-state index in [9.17, 15) is 0 Å². The Hall–Kier alpha value is -3.05. The lowest BCUT2D eigenvalue weighted by atomic mass is 10.2. The number of benzene rings is 3. The van der Waals surface area contributed by atoms with Gasteiger partial charge in [0.05, 0.1) is 23.4 Å². The molecule has 1 aliphatic rings. The molecule has 0 amide bonds. The molecule has 27 heavy (non-hydrogen) atoms. The first kappa shape index (κ1) is 17.4. The van der Waals surface area contributed by atoms with Crippen molar-refractivity contribution in [3.63, 3.8) is 0 Å². The van der Waals surface area contributed by atoms with Gasteiger partial charge in [0.2, 0.25) is 0 Å². The molecule has 0 atom stereocenters. The summed E-state index contributed by atoms with van der Waals surface area (Å²) in [4.78, 5) is 4.40. The van der Waals surface area contributed by atoms with Gasteiger partial charge in [0.25, 0.3) is 0 Å². The van der Waals surface area contributed by atoms with Gasteiger partial charge in [-0.15, -0.1) is 10.2 Å². The summed E-state index contributed by atoms with van der Waals surface area (Å²) >= 11 is 1.73. The fourth-order valence-electron chi connectivity index (χ4n) is 2.89. The van der Waals surface area contributed by atoms with Gasteiger partial charge in [-0.3, -0.25) is 0 Å². The van der Waals surface area contributed by atoms with Crippen molar-refractivity contribution in [3.8, 4) is 5.75 Å². The summed E-state index contributed by atoms with van der Waals surface area (Å²) in [5.74, 6) is 1.64. The Balaban J connectivity index is 1.76. The summed E-state index contributed by atoms with van der Waals surface area (Å²) in [6, 6.07) is 26.2. The van der Waals surface area contributed by atoms with Crippen LogP contribution in [0.25, 0.3) is 4.91 Å². The number of hydrogen-bond donors (Lipinski definition) is 0. The van der Waals surface area contributed by atoms with E-state index in [1.165, 1.54) is 4.90 Å². The highest BCUT2D eigenvalue weighted by molar-refractivity contribution is 8.08. The molecule has 5 heteroatoms. The van der Waals surface area contributed by atoms with Crippen LogP contribution < -0.4 is 9.64 Å². The third-order valence-corrected chi connectivity index (χ3v) is 5.52. The van der Waals surface area contributed by atoms with E-state index in [4.69, 9.17) is 4.74 Å². The quantitative estimate of drug-likeness (QED) is 0.500. The highest BCUT2D eigenvalue weighted by Gasteiger charge is 2.24. The summed E-state index contributed by atoms with van der Waals surface area (Å²) in [6.45, 7) is 0. The fraction of sp³-hybridized carbons (Fsp3) is 0.0909. The minimum Gasteiger partial charge on any atom is -0.497 e. The second-order valence-electron chi connectivity index (χ2n) is 6.05. The summed E-state index contributed by atoms with van der Waals surface area (Å²) in [6.07, 6.45) is 0. The zero-order valence-corrected chi connectivity index (χ0v) is 16.0. The SMILES string of the molecule is COc1ccc(N=NC2=C(c3ccccc3)Sc3ccccc3N2C)cc1. The highest BCUT2D eigenvalue weighted by atomic mass is 32.2. The zero-order chi connectivity index (χ0) is 18.6. The second-order valence-corrected chi connectivity index (χ2v) is 7.10. The van der Waals surface area contributed by atoms with Gasteiger partial charge in [-0.05, 0) is 42.0 Å². The van der Waals surface area contributed by atoms with Crippen LogP contribution in [0.5, 0.6) is 5.75 Å². The predicted octanol–water partition coefficient (Wildman–Crippen LogP) is 6.35. The second kappa shape index (κ2) is 7.68. The predicted molar refractivity (Wildman–Crippen MR) is 112 cm³/mol. The van der Waals surface area contributed by atoms with Gasteiger partial charge in [-0.1, -0.05) is 54.2 Å². The lowest BCUT2D eigenvalue weighted by molar-refractivity contribution is 0.415. The van der Waals surface area contributed by atoms with Gasteiger partial charge in [-0.25, -0.2) is 0 Å². The third kappa shape index (κ3) is 3.59. The van der Waals surface area contributed by atoms with E-state index < -0.39 is 0 Å². The Bertz CT molecular complexity index is 998. The molecule has 134 valence electrons. The molecule has 0 aliphatic carbocycles. The molecule has 1 heterocycles. The molecule has 0 fully saturated rings. The topological polar surface area (TPSA) is 37.2 Å². The molecule has 0 N–H and O–H groups in total. The smallest absolute Gasteiger partial charge is 0.170 e. The number of anilines is 1. The number of thioether (sulfide) groups is 1. The van der Waals surface area contributed by atoms with E-state index in [-0.39, 0.29) is 0 Å². The van der Waals surface area contributed by atoms with Crippen LogP contribution in [0.4, 0.5) is 11.4 Å². The van der Waals surface area contributed by atoms with E-state index in [1.54, 1.807) is 18.9 Å². The van der Waals surface area contributed by atoms with Crippen LogP contribution in [0, 0.1) is 0 Å². The summed E-state index contributed by atoms with van der Waals surface area (Å²) in [7, 11) is 3.68. The minimum atomic E-state index is 0.785. The van der Waals surface area contributed by atoms with Gasteiger partial charge in [0.15, 0.2) is 5.82 Å². The molecule has 0 aromatic heterocycles. The van der Waals surface area contributed by atoms with E-state index in [1.807, 2.05) is 55.6 Å². The number of hydrogen-bond acceptors (Lipinski definition) is 5. The van der Waals surface area contributed by atoms with Crippen molar-refractivity contribution in [1.29, 1.82) is 0 Å². The van der Waals surface area contributed by atoms with Crippen molar-refractivity contribution in [2.75, 3.05) is 19.1 Å². The van der Waals surface area contributed by atoms with Crippen LogP contribution in [-0.2, 0) is 0 Å². The molecule has 4 nitrogen and oxygen atoms in total. The van der Waals surface area contributed by atoms with Crippen molar-refractivity contribution < 1.29 is 4.74 Å². The largest absolute Gasteiger partial charge is 0.497 e. The number of para-hydroxylation sites is 1. The molecule has 3 aromatic rings. The lowest BCUT2D eigenvalue weighted by Crippen LogP contribution is -2.19. The van der Waals surface area contributed by atoms with E-state index in [0.29, 0.717) is 0 Å². The average Bonchev–Trinajstić information content (AvgIpc) is 2.74. The van der Waals surface area contributed by atoms with Gasteiger partial charge in [-0.2, -0.15) is 0 Å². The number of fused-ring (bicyclic) bond motifs is 1. The first-order valence-corrected chi connectivity index (χ1v) is 9.44. The Morgan fingerprint density at radius 1 is 0.815 bits per heavy atom. The highest BCUT2D eigenvalue weighted by Crippen LogP contribution is 2.47. The van der Waals surface area contributed by atoms with Gasteiger partial charge >= 0.3 is 0 Å². The Labute approximate surface area is 163 Å². The molecule has 1 aliphatic heterocycles. The van der Waals surface area contributed by atoms with Crippen LogP contribution in [0.15, 0.2) is 99.8 Å². The Morgan fingerprint density at radius 3 is 2.26 bits per heavy atom. The maximum Gasteiger partial charge on any atom is 0.170 e. The standard InChI is InChI=1S/C22H19N3OS/c1-25-19-10-6-7-11-20(19)27-21(16-8-4-3-5-9-16)22(25)24-23-17-12-14-18(26-2)15-13-17/h3-15H,1-2H3. The third-order valence-electron chi connectivity index (χ3n) is 4.33. The Kier molecular flexibility index (Phi) is 4.94. The number of rotatable bonds is 4. The normalized spacial score (nSPS) is 13.8. The van der Waals surface area contributed by atoms with Gasteiger partial charge in [0, 0.05) is 11.9 Å². The first-order valence-electron chi connectivity index (χ1n) is 8.62. The summed E-state index contributed by atoms with van der Waals surface area (Å²) in [5.41, 5.74) is 3.05. The molecule has 3 aromatic carbocycles. The van der Waals surface area contributed by atoms with Crippen molar-refractivity contribution in [2.45, 2.75) is 4.90 Å². The van der Waals surface area contributed by atoms with E-state index >= 15 is 0 Å². The van der Waals surface area contributed by atoms with Crippen LogP contribution in [0.1, 0.15) is 5.56 Å². The zero-order valence-electron chi connectivity index (χ0n) is 15.2. The summed E-state index contributed by atoms with van der Waals surface area (Å²) in [5, 5.41) is 9.08. The molecule has 0 spiro atoms. The molecule has 4 rings (SSSR count). The number of nitrogens with zero attached hydrogens (tertiary/aromatic N) is 3. The molecule has 0 radical (unpaired) electrons. The minimum absolute atomic E-state index is 0.785. The van der Waals surface area contributed by atoms with Crippen molar-refractivity contribution >= 4 is 28.0 Å². The summed E-state index contributed by atoms with van der Waals surface area (Å²) < 4.78 is 5.20. The van der Waals surface area contributed by atoms with Gasteiger partial charge < -0.3 is 9.64 Å². The fourth-order valence-corrected chi connectivity index (χ4v) is 4.09. The molecule has 0 saturated heterocycles. The average molecular weight is 373 g/mol. The van der Waals surface area contributed by atoms with Crippen LogP contribution in [0.3, 0.4) is 0 Å². The van der Waals surface area contributed by atoms with Crippen molar-refractivity contribution in [2.24, 2.45) is 10.2 Å². The molecular weight excluding hydrogens is 354 g/mol. The maximum atomic E-state index is 5.20. The molecular formula is C22H19N3OS. The monoisotopic (exact) mass is 373 g/mol. The van der Waals surface area contributed by atoms with Crippen molar-refractivity contribution in [3.05, 3.63) is 90.2 Å². The van der Waals surface area contributed by atoms with Crippen LogP contribution in [0.2, 0.25) is 0 Å². The van der Waals surface area contributed by atoms with Crippen molar-refractivity contribution in [1.82, 2.24) is 0 Å². The molecule has 0 saturated carbocycles. The van der Waals surface area contributed by atoms with Gasteiger partial charge in [0.1, 0.15) is 5.75 Å². The molecule has 0 bridgehead atoms. The van der Waals surface area contributed by atoms with E-state index in [0.717, 1.165) is 33.4 Å². The number of ether oxygens (including phenoxy) is 1. The molecule has 0 unspecified atom stereocenters. The number of methoxy groups -OCH3 is 1. The van der Waals surface area contributed by atoms with E-state index in [2.05, 4.69) is 45.5 Å². The number of azo groups is 1. The first-order chi connectivity index (χ1) is 13.3. The Morgan fingerprint density at radius 2 is 1.52 bits per heavy atom. The maximum absolute atomic E-state index is 5.20. The lowest BCUT2D eigenvalue weighted by Gasteiger charge is -2.29. The van der Waals surface area contributed by atoms with Crippen LogP contribution in [-0.4, -0.2) is 14.2 Å².